The van der Waals surface area contributed by atoms with E-state index in [-0.39, 0.29) is 23.3 Å². The van der Waals surface area contributed by atoms with E-state index in [0.29, 0.717) is 35.9 Å². The van der Waals surface area contributed by atoms with Gasteiger partial charge in [-0.2, -0.15) is 13.2 Å². The quantitative estimate of drug-likeness (QED) is 0.258. The first-order chi connectivity index (χ1) is 19.6. The largest absolute Gasteiger partial charge is 0.459 e. The number of furan rings is 1. The Morgan fingerprint density at radius 2 is 1.88 bits per heavy atom. The van der Waals surface area contributed by atoms with Gasteiger partial charge in [0.25, 0.3) is 0 Å². The van der Waals surface area contributed by atoms with Gasteiger partial charge in [-0.25, -0.2) is 4.98 Å². The molecule has 1 saturated heterocycles. The van der Waals surface area contributed by atoms with E-state index < -0.39 is 17.6 Å². The molecule has 1 aliphatic heterocycles. The fourth-order valence-corrected chi connectivity index (χ4v) is 3.89. The molecule has 4 aromatic rings. The molecule has 5 rings (SSSR count). The average Bonchev–Trinajstić information content (AvgIpc) is 3.39. The smallest absolute Gasteiger partial charge is 0.420 e. The van der Waals surface area contributed by atoms with Gasteiger partial charge in [-0.1, -0.05) is 6.07 Å². The number of nitrogens with two attached hydrogens (primary N) is 1. The normalized spacial score (nSPS) is 13.6. The molecule has 214 valence electrons. The van der Waals surface area contributed by atoms with Crippen molar-refractivity contribution in [2.45, 2.75) is 19.6 Å². The number of anilines is 1. The molecule has 4 heterocycles. The first kappa shape index (κ1) is 29.3. The Hall–Kier alpha value is -4.71. The average molecular weight is 568 g/mol. The summed E-state index contributed by atoms with van der Waals surface area (Å²) in [5, 5.41) is 2.87. The number of morpholine rings is 1. The van der Waals surface area contributed by atoms with Crippen LogP contribution >= 0.6 is 0 Å². The molecule has 0 spiro atoms. The van der Waals surface area contributed by atoms with Gasteiger partial charge in [0.05, 0.1) is 31.0 Å². The van der Waals surface area contributed by atoms with Crippen molar-refractivity contribution < 1.29 is 31.9 Å². The number of hydrogen-bond acceptors (Lipinski definition) is 7. The van der Waals surface area contributed by atoms with Crippen molar-refractivity contribution in [3.63, 3.8) is 0 Å². The monoisotopic (exact) mass is 567 g/mol. The number of nitrogens with zero attached hydrogens (tertiary/aromatic N) is 3. The summed E-state index contributed by atoms with van der Waals surface area (Å²) >= 11 is 0. The summed E-state index contributed by atoms with van der Waals surface area (Å²) in [6, 6.07) is 10.8. The molecule has 3 aromatic heterocycles. The molecule has 0 saturated carbocycles. The van der Waals surface area contributed by atoms with Crippen LogP contribution in [0.15, 0.2) is 65.4 Å². The molecule has 12 heteroatoms. The van der Waals surface area contributed by atoms with Crippen molar-refractivity contribution in [2.75, 3.05) is 32.0 Å². The Bertz CT molecular complexity index is 1510. The summed E-state index contributed by atoms with van der Waals surface area (Å²) < 4.78 is 51.6. The summed E-state index contributed by atoms with van der Waals surface area (Å²) in [7, 11) is 0. The zero-order valence-electron chi connectivity index (χ0n) is 22.1. The van der Waals surface area contributed by atoms with Gasteiger partial charge < -0.3 is 25.1 Å². The number of carbonyl (C=O) groups is 2. The number of ether oxygens (including phenoxy) is 1. The molecule has 0 radical (unpaired) electrons. The first-order valence-electron chi connectivity index (χ1n) is 12.6. The van der Waals surface area contributed by atoms with Crippen LogP contribution in [-0.2, 0) is 27.0 Å². The van der Waals surface area contributed by atoms with Crippen LogP contribution in [0, 0.1) is 6.92 Å². The van der Waals surface area contributed by atoms with Crippen LogP contribution in [-0.4, -0.2) is 53.5 Å². The van der Waals surface area contributed by atoms with Crippen molar-refractivity contribution in [1.29, 1.82) is 0 Å². The lowest BCUT2D eigenvalue weighted by atomic mass is 10.0. The number of nitrogens with one attached hydrogen (secondary N) is 1. The Labute approximate surface area is 233 Å². The number of hydrogen-bond donors (Lipinski definition) is 2. The maximum atomic E-state index is 13.7. The fourth-order valence-electron chi connectivity index (χ4n) is 3.89. The van der Waals surface area contributed by atoms with Gasteiger partial charge in [0, 0.05) is 42.5 Å². The minimum Gasteiger partial charge on any atom is -0.459 e. The van der Waals surface area contributed by atoms with Gasteiger partial charge in [-0.3, -0.25) is 14.6 Å². The number of alkyl halides is 3. The lowest BCUT2D eigenvalue weighted by Gasteiger charge is -2.21. The number of carbonyl (C=O) groups excluding carboxylic acids is 2. The van der Waals surface area contributed by atoms with Crippen LogP contribution < -0.4 is 11.1 Å². The van der Waals surface area contributed by atoms with Gasteiger partial charge in [0.1, 0.15) is 17.2 Å². The number of rotatable bonds is 6. The standard InChI is InChI=1S/C24H19F3N4O2.C5H9NO2/c1-14-2-5-20(29-11-14)16-8-17-9-18(33-23(17)19(10-16)24(25,26)27)13-31-22(32)7-4-15-3-6-21(28)30-12-15;7-5-6-1-3-8-4-2-6/h2-12H,13H2,1H3,(H2,28,30)(H,31,32);5H,1-4H2/b7-4+;. The highest BCUT2D eigenvalue weighted by Gasteiger charge is 2.35. The molecule has 0 unspecified atom stereocenters. The number of amides is 2. The van der Waals surface area contributed by atoms with Gasteiger partial charge >= 0.3 is 6.18 Å². The van der Waals surface area contributed by atoms with Gasteiger partial charge in [0.15, 0.2) is 0 Å². The maximum absolute atomic E-state index is 13.7. The third-order valence-corrected chi connectivity index (χ3v) is 6.05. The topological polar surface area (TPSA) is 124 Å². The predicted molar refractivity (Wildman–Crippen MR) is 147 cm³/mol. The molecule has 0 bridgehead atoms. The molecule has 0 atom stereocenters. The van der Waals surface area contributed by atoms with Crippen molar-refractivity contribution in [2.24, 2.45) is 0 Å². The van der Waals surface area contributed by atoms with E-state index in [9.17, 15) is 22.8 Å². The van der Waals surface area contributed by atoms with E-state index in [1.54, 1.807) is 47.5 Å². The van der Waals surface area contributed by atoms with Crippen molar-refractivity contribution >= 4 is 35.2 Å². The van der Waals surface area contributed by atoms with Gasteiger partial charge in [0.2, 0.25) is 12.3 Å². The second-order valence-electron chi connectivity index (χ2n) is 9.19. The van der Waals surface area contributed by atoms with Crippen LogP contribution in [0.1, 0.15) is 22.5 Å². The summed E-state index contributed by atoms with van der Waals surface area (Å²) in [5.74, 6) is 0.120. The number of aromatic nitrogens is 2. The maximum Gasteiger partial charge on any atom is 0.420 e. The number of fused-ring (bicyclic) bond motifs is 1. The Balaban J connectivity index is 0.000000417. The number of pyridine rings is 2. The van der Waals surface area contributed by atoms with Crippen molar-refractivity contribution in [3.8, 4) is 11.3 Å². The van der Waals surface area contributed by atoms with Gasteiger partial charge in [-0.05, 0) is 60.5 Å². The Morgan fingerprint density at radius 3 is 2.49 bits per heavy atom. The van der Waals surface area contributed by atoms with E-state index >= 15 is 0 Å². The summed E-state index contributed by atoms with van der Waals surface area (Å²) in [6.45, 7) is 4.66. The molecule has 1 aliphatic rings. The molecule has 0 aliphatic carbocycles. The van der Waals surface area contributed by atoms with E-state index in [0.717, 1.165) is 31.1 Å². The van der Waals surface area contributed by atoms with E-state index in [4.69, 9.17) is 14.9 Å². The lowest BCUT2D eigenvalue weighted by Crippen LogP contribution is -2.34. The number of benzene rings is 1. The Morgan fingerprint density at radius 1 is 1.10 bits per heavy atom. The second kappa shape index (κ2) is 13.1. The number of aryl methyl sites for hydroxylation is 1. The molecule has 1 aromatic carbocycles. The van der Waals surface area contributed by atoms with E-state index in [1.165, 1.54) is 18.3 Å². The third kappa shape index (κ3) is 8.15. The van der Waals surface area contributed by atoms with Crippen LogP contribution in [0.3, 0.4) is 0 Å². The molecule has 9 nitrogen and oxygen atoms in total. The Kier molecular flexibility index (Phi) is 9.35. The SMILES string of the molecule is Cc1ccc(-c2cc(C(F)(F)F)c3oc(CNC(=O)/C=C/c4ccc(N)nc4)cc3c2)nc1.O=CN1CCOCC1. The summed E-state index contributed by atoms with van der Waals surface area (Å²) in [4.78, 5) is 32.0. The van der Waals surface area contributed by atoms with E-state index in [2.05, 4.69) is 15.3 Å². The van der Waals surface area contributed by atoms with E-state index in [1.807, 2.05) is 6.92 Å². The molecule has 1 fully saturated rings. The van der Waals surface area contributed by atoms with Crippen LogP contribution in [0.5, 0.6) is 0 Å². The zero-order chi connectivity index (χ0) is 29.4. The first-order valence-corrected chi connectivity index (χ1v) is 12.6. The molecular weight excluding hydrogens is 539 g/mol. The van der Waals surface area contributed by atoms with Gasteiger partial charge in [-0.15, -0.1) is 0 Å². The zero-order valence-corrected chi connectivity index (χ0v) is 22.1. The third-order valence-electron chi connectivity index (χ3n) is 6.05. The highest BCUT2D eigenvalue weighted by molar-refractivity contribution is 5.92. The lowest BCUT2D eigenvalue weighted by molar-refractivity contribution is -0.136. The molecule has 41 heavy (non-hydrogen) atoms. The second-order valence-corrected chi connectivity index (χ2v) is 9.19. The van der Waals surface area contributed by atoms with Crippen LogP contribution in [0.4, 0.5) is 19.0 Å². The molecule has 2 amide bonds. The van der Waals surface area contributed by atoms with Crippen molar-refractivity contribution in [1.82, 2.24) is 20.2 Å². The highest BCUT2D eigenvalue weighted by atomic mass is 19.4. The van der Waals surface area contributed by atoms with Crippen molar-refractivity contribution in [3.05, 3.63) is 83.4 Å². The van der Waals surface area contributed by atoms with Crippen LogP contribution in [0.25, 0.3) is 28.3 Å². The number of halogens is 3. The minimum absolute atomic E-state index is 0.0761. The summed E-state index contributed by atoms with van der Waals surface area (Å²) in [6.07, 6.45) is 2.19. The fraction of sp³-hybridized carbons (Fsp3) is 0.241. The molecule has 3 N–H and O–H groups in total. The predicted octanol–water partition coefficient (Wildman–Crippen LogP) is 4.60. The summed E-state index contributed by atoms with van der Waals surface area (Å²) in [5.41, 5.74) is 6.66. The highest BCUT2D eigenvalue weighted by Crippen LogP contribution is 2.39. The number of nitrogen functional groups attached to an aromatic ring is 1. The van der Waals surface area contributed by atoms with Crippen LogP contribution in [0.2, 0.25) is 0 Å². The minimum atomic E-state index is -4.62. The molecular formula is C29H28F3N5O4.